The Morgan fingerprint density at radius 2 is 2.15 bits per heavy atom. The first kappa shape index (κ1) is 16.6. The van der Waals surface area contributed by atoms with E-state index in [1.165, 1.54) is 0 Å². The molecule has 3 heterocycles. The molecule has 0 bridgehead atoms. The molecule has 1 saturated heterocycles. The predicted molar refractivity (Wildman–Crippen MR) is 97.2 cm³/mol. The zero-order valence-corrected chi connectivity index (χ0v) is 15.0. The van der Waals surface area contributed by atoms with Gasteiger partial charge in [-0.15, -0.1) is 11.3 Å². The minimum atomic E-state index is -0.0879. The molecule has 0 radical (unpaired) electrons. The number of methoxy groups -OCH3 is 1. The van der Waals surface area contributed by atoms with E-state index in [0.29, 0.717) is 31.3 Å². The van der Waals surface area contributed by atoms with Crippen LogP contribution in [0.1, 0.15) is 17.4 Å². The molecule has 1 N–H and O–H groups in total. The summed E-state index contributed by atoms with van der Waals surface area (Å²) in [6.07, 6.45) is 0. The standard InChI is InChI=1S/C18H18N4O3S/c1-24-14-6-4-12(5-7-14)9-19-18(23)22-10-13(11-22)17-20-16(21-25-17)15-3-2-8-26-15/h2-8,13H,9-11H2,1H3,(H,19,23). The molecule has 8 heteroatoms. The van der Waals surface area contributed by atoms with Gasteiger partial charge in [0.15, 0.2) is 0 Å². The number of hydrogen-bond donors (Lipinski definition) is 1. The monoisotopic (exact) mass is 370 g/mol. The fraction of sp³-hybridized carbons (Fsp3) is 0.278. The van der Waals surface area contributed by atoms with Crippen LogP contribution in [0.15, 0.2) is 46.3 Å². The minimum absolute atomic E-state index is 0.0879. The first-order chi connectivity index (χ1) is 12.7. The highest BCUT2D eigenvalue weighted by atomic mass is 32.1. The topological polar surface area (TPSA) is 80.5 Å². The maximum absolute atomic E-state index is 12.2. The number of likely N-dealkylation sites (tertiary alicyclic amines) is 1. The summed E-state index contributed by atoms with van der Waals surface area (Å²) in [5, 5.41) is 8.91. The van der Waals surface area contributed by atoms with Crippen LogP contribution >= 0.6 is 11.3 Å². The SMILES string of the molecule is COc1ccc(CNC(=O)N2CC(c3nc(-c4cccs4)no3)C2)cc1. The van der Waals surface area contributed by atoms with Gasteiger partial charge in [-0.1, -0.05) is 23.4 Å². The van der Waals surface area contributed by atoms with Crippen LogP contribution in [-0.2, 0) is 6.54 Å². The number of aromatic nitrogens is 2. The number of hydrogen-bond acceptors (Lipinski definition) is 6. The Morgan fingerprint density at radius 1 is 1.35 bits per heavy atom. The van der Waals surface area contributed by atoms with Crippen LogP contribution < -0.4 is 10.1 Å². The lowest BCUT2D eigenvalue weighted by molar-refractivity contribution is 0.136. The number of amides is 2. The summed E-state index contributed by atoms with van der Waals surface area (Å²) in [7, 11) is 1.63. The van der Waals surface area contributed by atoms with E-state index in [1.54, 1.807) is 23.3 Å². The Bertz CT molecular complexity index is 870. The van der Waals surface area contributed by atoms with Crippen molar-refractivity contribution in [1.29, 1.82) is 0 Å². The number of nitrogens with one attached hydrogen (secondary N) is 1. The summed E-state index contributed by atoms with van der Waals surface area (Å²) < 4.78 is 10.5. The first-order valence-electron chi connectivity index (χ1n) is 8.26. The van der Waals surface area contributed by atoms with E-state index in [4.69, 9.17) is 9.26 Å². The molecule has 2 amide bonds. The molecule has 1 fully saturated rings. The van der Waals surface area contributed by atoms with Crippen LogP contribution in [0, 0.1) is 0 Å². The maximum atomic E-state index is 12.2. The fourth-order valence-electron chi connectivity index (χ4n) is 2.74. The van der Waals surface area contributed by atoms with Crippen molar-refractivity contribution in [1.82, 2.24) is 20.4 Å². The molecule has 2 aromatic heterocycles. The van der Waals surface area contributed by atoms with Crippen molar-refractivity contribution >= 4 is 17.4 Å². The number of ether oxygens (including phenoxy) is 1. The highest BCUT2D eigenvalue weighted by Gasteiger charge is 2.35. The average molecular weight is 370 g/mol. The van der Waals surface area contributed by atoms with E-state index in [9.17, 15) is 4.79 Å². The molecular weight excluding hydrogens is 352 g/mol. The van der Waals surface area contributed by atoms with Crippen molar-refractivity contribution in [2.24, 2.45) is 0 Å². The lowest BCUT2D eigenvalue weighted by atomic mass is 10.0. The third kappa shape index (κ3) is 3.41. The molecule has 3 aromatic rings. The fourth-order valence-corrected chi connectivity index (χ4v) is 3.39. The van der Waals surface area contributed by atoms with Gasteiger partial charge in [0, 0.05) is 19.6 Å². The molecule has 1 aliphatic rings. The van der Waals surface area contributed by atoms with E-state index >= 15 is 0 Å². The molecule has 1 aliphatic heterocycles. The number of carbonyl (C=O) groups excluding carboxylic acids is 1. The predicted octanol–water partition coefficient (Wildman–Crippen LogP) is 3.12. The van der Waals surface area contributed by atoms with Crippen LogP contribution in [-0.4, -0.2) is 41.3 Å². The van der Waals surface area contributed by atoms with Gasteiger partial charge >= 0.3 is 6.03 Å². The molecule has 0 unspecified atom stereocenters. The van der Waals surface area contributed by atoms with Crippen LogP contribution in [0.5, 0.6) is 5.75 Å². The van der Waals surface area contributed by atoms with Crippen molar-refractivity contribution in [3.63, 3.8) is 0 Å². The zero-order chi connectivity index (χ0) is 17.9. The van der Waals surface area contributed by atoms with Gasteiger partial charge < -0.3 is 19.5 Å². The Balaban J connectivity index is 1.27. The summed E-state index contributed by atoms with van der Waals surface area (Å²) in [6, 6.07) is 11.4. The van der Waals surface area contributed by atoms with Gasteiger partial charge in [-0.3, -0.25) is 0 Å². The van der Waals surface area contributed by atoms with Crippen LogP contribution in [0.4, 0.5) is 4.79 Å². The number of rotatable bonds is 5. The highest BCUT2D eigenvalue weighted by Crippen LogP contribution is 2.28. The van der Waals surface area contributed by atoms with Crippen molar-refractivity contribution < 1.29 is 14.1 Å². The van der Waals surface area contributed by atoms with Crippen LogP contribution in [0.3, 0.4) is 0 Å². The summed E-state index contributed by atoms with van der Waals surface area (Å²) in [4.78, 5) is 19.4. The first-order valence-corrected chi connectivity index (χ1v) is 9.14. The summed E-state index contributed by atoms with van der Waals surface area (Å²) in [6.45, 7) is 1.65. The van der Waals surface area contributed by atoms with Gasteiger partial charge in [0.1, 0.15) is 5.75 Å². The van der Waals surface area contributed by atoms with Gasteiger partial charge in [0.2, 0.25) is 11.7 Å². The third-order valence-corrected chi connectivity index (χ3v) is 5.17. The molecular formula is C18H18N4O3S. The Morgan fingerprint density at radius 3 is 2.85 bits per heavy atom. The van der Waals surface area contributed by atoms with Crippen LogP contribution in [0.2, 0.25) is 0 Å². The van der Waals surface area contributed by atoms with Gasteiger partial charge in [-0.05, 0) is 29.1 Å². The minimum Gasteiger partial charge on any atom is -0.497 e. The van der Waals surface area contributed by atoms with Crippen molar-refractivity contribution in [2.75, 3.05) is 20.2 Å². The third-order valence-electron chi connectivity index (χ3n) is 4.30. The normalized spacial score (nSPS) is 14.1. The van der Waals surface area contributed by atoms with Crippen molar-refractivity contribution in [3.8, 4) is 16.5 Å². The van der Waals surface area contributed by atoms with Gasteiger partial charge in [0.05, 0.1) is 17.9 Å². The Hall–Kier alpha value is -2.87. The zero-order valence-electron chi connectivity index (χ0n) is 14.2. The van der Waals surface area contributed by atoms with Gasteiger partial charge in [-0.25, -0.2) is 4.79 Å². The summed E-state index contributed by atoms with van der Waals surface area (Å²) in [5.41, 5.74) is 1.02. The molecule has 0 spiro atoms. The molecule has 134 valence electrons. The molecule has 1 aromatic carbocycles. The second kappa shape index (κ2) is 7.17. The Kier molecular flexibility index (Phi) is 4.57. The molecule has 0 aliphatic carbocycles. The molecule has 0 atom stereocenters. The number of urea groups is 1. The molecule has 26 heavy (non-hydrogen) atoms. The van der Waals surface area contributed by atoms with E-state index in [0.717, 1.165) is 16.2 Å². The van der Waals surface area contributed by atoms with E-state index in [2.05, 4.69) is 15.5 Å². The number of thiophene rings is 1. The number of benzene rings is 1. The number of nitrogens with zero attached hydrogens (tertiary/aromatic N) is 3. The summed E-state index contributed by atoms with van der Waals surface area (Å²) >= 11 is 1.57. The smallest absolute Gasteiger partial charge is 0.317 e. The second-order valence-corrected chi connectivity index (χ2v) is 6.99. The van der Waals surface area contributed by atoms with Crippen molar-refractivity contribution in [2.45, 2.75) is 12.5 Å². The maximum Gasteiger partial charge on any atom is 0.317 e. The number of carbonyl (C=O) groups is 1. The molecule has 7 nitrogen and oxygen atoms in total. The lowest BCUT2D eigenvalue weighted by Crippen LogP contribution is -2.52. The quantitative estimate of drug-likeness (QED) is 0.746. The second-order valence-electron chi connectivity index (χ2n) is 6.04. The van der Waals surface area contributed by atoms with Gasteiger partial charge in [-0.2, -0.15) is 4.98 Å². The average Bonchev–Trinajstić information content (AvgIpc) is 3.30. The lowest BCUT2D eigenvalue weighted by Gasteiger charge is -2.36. The van der Waals surface area contributed by atoms with Gasteiger partial charge in [0.25, 0.3) is 0 Å². The Labute approximate surface area is 154 Å². The van der Waals surface area contributed by atoms with E-state index < -0.39 is 0 Å². The van der Waals surface area contributed by atoms with Crippen LogP contribution in [0.25, 0.3) is 10.7 Å². The van der Waals surface area contributed by atoms with Crippen molar-refractivity contribution in [3.05, 3.63) is 53.2 Å². The van der Waals surface area contributed by atoms with E-state index in [-0.39, 0.29) is 11.9 Å². The molecule has 0 saturated carbocycles. The highest BCUT2D eigenvalue weighted by molar-refractivity contribution is 7.13. The van der Waals surface area contributed by atoms with E-state index in [1.807, 2.05) is 41.8 Å². The summed E-state index contributed by atoms with van der Waals surface area (Å²) in [5.74, 6) is 2.10. The largest absolute Gasteiger partial charge is 0.497 e. The molecule has 4 rings (SSSR count).